The fraction of sp³-hybridized carbons (Fsp3) is 0.250. The number of hydrogen-bond acceptors (Lipinski definition) is 3. The second kappa shape index (κ2) is 4.26. The van der Waals surface area contributed by atoms with Crippen molar-refractivity contribution in [3.05, 3.63) is 39.7 Å². The number of nitro groups is 1. The molecule has 0 heterocycles. The third-order valence-corrected chi connectivity index (χ3v) is 1.75. The fourth-order valence-corrected chi connectivity index (χ4v) is 1.00. The summed E-state index contributed by atoms with van der Waals surface area (Å²) in [7, 11) is 0. The predicted molar refractivity (Wildman–Crippen MR) is 44.0 cm³/mol. The number of hydrogen-bond donors (Lipinski definition) is 1. The number of benzene rings is 1. The Hall–Kier alpha value is -1.63. The van der Waals surface area contributed by atoms with Crippen molar-refractivity contribution in [2.24, 2.45) is 0 Å². The molecule has 15 heavy (non-hydrogen) atoms. The summed E-state index contributed by atoms with van der Waals surface area (Å²) in [5, 5.41) is 19.1. The lowest BCUT2D eigenvalue weighted by Crippen LogP contribution is -2.08. The van der Waals surface area contributed by atoms with Gasteiger partial charge in [0.05, 0.1) is 4.92 Å². The molecule has 1 aromatic rings. The van der Waals surface area contributed by atoms with Crippen LogP contribution in [0, 0.1) is 15.9 Å². The Morgan fingerprint density at radius 2 is 2.00 bits per heavy atom. The van der Waals surface area contributed by atoms with Gasteiger partial charge < -0.3 is 5.11 Å². The van der Waals surface area contributed by atoms with E-state index in [1.165, 1.54) is 0 Å². The van der Waals surface area contributed by atoms with Crippen LogP contribution in [0.4, 0.5) is 18.9 Å². The summed E-state index contributed by atoms with van der Waals surface area (Å²) in [4.78, 5) is 9.21. The Labute approximate surface area is 82.1 Å². The van der Waals surface area contributed by atoms with Gasteiger partial charge in [0.1, 0.15) is 6.10 Å². The molecule has 0 fully saturated rings. The summed E-state index contributed by atoms with van der Waals surface area (Å²) in [6, 6.07) is 2.14. The third-order valence-electron chi connectivity index (χ3n) is 1.75. The highest BCUT2D eigenvalue weighted by molar-refractivity contribution is 5.35. The highest BCUT2D eigenvalue weighted by Gasteiger charge is 2.22. The van der Waals surface area contributed by atoms with Gasteiger partial charge in [-0.05, 0) is 17.7 Å². The quantitative estimate of drug-likeness (QED) is 0.627. The Morgan fingerprint density at radius 3 is 2.40 bits per heavy atom. The Bertz CT molecular complexity index is 383. The van der Waals surface area contributed by atoms with Gasteiger partial charge in [-0.15, -0.1) is 0 Å². The van der Waals surface area contributed by atoms with E-state index in [2.05, 4.69) is 0 Å². The van der Waals surface area contributed by atoms with E-state index in [0.717, 1.165) is 12.1 Å². The van der Waals surface area contributed by atoms with Crippen LogP contribution < -0.4 is 0 Å². The van der Waals surface area contributed by atoms with Crippen LogP contribution in [0.1, 0.15) is 11.7 Å². The summed E-state index contributed by atoms with van der Waals surface area (Å²) < 4.78 is 36.9. The number of halogens is 3. The van der Waals surface area contributed by atoms with E-state index in [-0.39, 0.29) is 0 Å². The summed E-state index contributed by atoms with van der Waals surface area (Å²) in [6.45, 7) is 0. The van der Waals surface area contributed by atoms with E-state index >= 15 is 0 Å². The van der Waals surface area contributed by atoms with E-state index < -0.39 is 34.5 Å². The number of nitro benzene ring substituents is 1. The molecular formula is C8H6F3NO3. The lowest BCUT2D eigenvalue weighted by Gasteiger charge is -2.09. The molecule has 1 atom stereocenters. The fourth-order valence-electron chi connectivity index (χ4n) is 1.00. The minimum atomic E-state index is -3.06. The van der Waals surface area contributed by atoms with Crippen LogP contribution in [0.25, 0.3) is 0 Å². The molecule has 0 saturated carbocycles. The molecule has 1 rings (SSSR count). The average molecular weight is 221 g/mol. The van der Waals surface area contributed by atoms with Crippen LogP contribution >= 0.6 is 0 Å². The number of aliphatic hydroxyl groups is 1. The van der Waals surface area contributed by atoms with Crippen molar-refractivity contribution in [1.29, 1.82) is 0 Å². The molecule has 0 aromatic heterocycles. The molecule has 0 spiro atoms. The molecule has 0 amide bonds. The summed E-state index contributed by atoms with van der Waals surface area (Å²) in [6.07, 6.45) is -5.20. The van der Waals surface area contributed by atoms with Gasteiger partial charge in [0.25, 0.3) is 6.43 Å². The highest BCUT2D eigenvalue weighted by atomic mass is 19.3. The maximum Gasteiger partial charge on any atom is 0.304 e. The molecular weight excluding hydrogens is 215 g/mol. The molecule has 0 saturated heterocycles. The molecule has 0 aliphatic heterocycles. The zero-order valence-corrected chi connectivity index (χ0v) is 7.23. The third kappa shape index (κ3) is 2.44. The van der Waals surface area contributed by atoms with E-state index in [4.69, 9.17) is 5.11 Å². The topological polar surface area (TPSA) is 63.4 Å². The molecule has 0 radical (unpaired) electrons. The van der Waals surface area contributed by atoms with E-state index in [0.29, 0.717) is 6.07 Å². The van der Waals surface area contributed by atoms with Crippen molar-refractivity contribution >= 4 is 5.69 Å². The zero-order valence-electron chi connectivity index (χ0n) is 7.23. The first-order chi connectivity index (χ1) is 6.93. The number of alkyl halides is 2. The van der Waals surface area contributed by atoms with Gasteiger partial charge in [-0.25, -0.2) is 8.78 Å². The molecule has 4 nitrogen and oxygen atoms in total. The predicted octanol–water partition coefficient (Wildman–Crippen LogP) is 2.03. The van der Waals surface area contributed by atoms with Gasteiger partial charge in [0, 0.05) is 6.07 Å². The molecule has 0 aliphatic rings. The maximum atomic E-state index is 12.9. The molecule has 1 aromatic carbocycles. The van der Waals surface area contributed by atoms with Crippen molar-refractivity contribution in [2.45, 2.75) is 12.5 Å². The van der Waals surface area contributed by atoms with Gasteiger partial charge in [-0.1, -0.05) is 0 Å². The summed E-state index contributed by atoms with van der Waals surface area (Å²) in [5.74, 6) is -1.25. The van der Waals surface area contributed by atoms with Gasteiger partial charge in [0.15, 0.2) is 0 Å². The van der Waals surface area contributed by atoms with E-state index in [1.54, 1.807) is 0 Å². The first kappa shape index (κ1) is 11.4. The molecule has 0 aliphatic carbocycles. The second-order valence-electron chi connectivity index (χ2n) is 2.75. The van der Waals surface area contributed by atoms with Crippen LogP contribution in [-0.2, 0) is 0 Å². The van der Waals surface area contributed by atoms with E-state index in [9.17, 15) is 23.3 Å². The van der Waals surface area contributed by atoms with Crippen LogP contribution in [0.3, 0.4) is 0 Å². The monoisotopic (exact) mass is 221 g/mol. The van der Waals surface area contributed by atoms with Crippen LogP contribution in [0.15, 0.2) is 18.2 Å². The maximum absolute atomic E-state index is 12.9. The van der Waals surface area contributed by atoms with Crippen molar-refractivity contribution < 1.29 is 23.2 Å². The molecule has 1 N–H and O–H groups in total. The highest BCUT2D eigenvalue weighted by Crippen LogP contribution is 2.25. The van der Waals surface area contributed by atoms with E-state index in [1.807, 2.05) is 0 Å². The largest absolute Gasteiger partial charge is 0.382 e. The van der Waals surface area contributed by atoms with Crippen molar-refractivity contribution in [3.8, 4) is 0 Å². The van der Waals surface area contributed by atoms with Crippen molar-refractivity contribution in [2.75, 3.05) is 0 Å². The number of nitrogens with zero attached hydrogens (tertiary/aromatic N) is 1. The normalized spacial score (nSPS) is 12.9. The van der Waals surface area contributed by atoms with Crippen LogP contribution in [0.5, 0.6) is 0 Å². The van der Waals surface area contributed by atoms with Crippen LogP contribution in [0.2, 0.25) is 0 Å². The van der Waals surface area contributed by atoms with Gasteiger partial charge >= 0.3 is 5.69 Å². The minimum absolute atomic E-state index is 0.395. The first-order valence-electron chi connectivity index (χ1n) is 3.83. The molecule has 0 bridgehead atoms. The molecule has 82 valence electrons. The lowest BCUT2D eigenvalue weighted by molar-refractivity contribution is -0.387. The Kier molecular flexibility index (Phi) is 3.25. The number of aliphatic hydroxyl groups excluding tert-OH is 1. The number of rotatable bonds is 3. The van der Waals surface area contributed by atoms with Gasteiger partial charge in [0.2, 0.25) is 5.82 Å². The SMILES string of the molecule is O=[N+]([O-])c1ccc(C(O)C(F)F)cc1F. The first-order valence-corrected chi connectivity index (χ1v) is 3.83. The smallest absolute Gasteiger partial charge is 0.304 e. The van der Waals surface area contributed by atoms with Crippen molar-refractivity contribution in [1.82, 2.24) is 0 Å². The summed E-state index contributed by atoms with van der Waals surface area (Å²) >= 11 is 0. The molecule has 7 heteroatoms. The second-order valence-corrected chi connectivity index (χ2v) is 2.75. The minimum Gasteiger partial charge on any atom is -0.382 e. The molecule has 1 unspecified atom stereocenters. The standard InChI is InChI=1S/C8H6F3NO3/c9-5-3-4(7(13)8(10)11)1-2-6(5)12(14)15/h1-3,7-8,13H. The lowest BCUT2D eigenvalue weighted by atomic mass is 10.1. The zero-order chi connectivity index (χ0) is 11.6. The van der Waals surface area contributed by atoms with Gasteiger partial charge in [-0.3, -0.25) is 10.1 Å². The average Bonchev–Trinajstić information content (AvgIpc) is 2.15. The summed E-state index contributed by atoms with van der Waals surface area (Å²) in [5.41, 5.74) is -1.21. The van der Waals surface area contributed by atoms with Gasteiger partial charge in [-0.2, -0.15) is 4.39 Å². The van der Waals surface area contributed by atoms with Crippen molar-refractivity contribution in [3.63, 3.8) is 0 Å². The Morgan fingerprint density at radius 1 is 1.40 bits per heavy atom. The van der Waals surface area contributed by atoms with Crippen LogP contribution in [-0.4, -0.2) is 16.5 Å². The Balaban J connectivity index is 3.06.